The first-order chi connectivity index (χ1) is 17.9. The molecule has 3 aromatic carbocycles. The number of Topliss-reactive ketones (excluding diaryl/α,β-unsaturated/α-hetero) is 1. The topological polar surface area (TPSA) is 107 Å². The minimum atomic E-state index is -4.74. The van der Waals surface area contributed by atoms with Crippen molar-refractivity contribution < 1.29 is 46.6 Å². The summed E-state index contributed by atoms with van der Waals surface area (Å²) in [4.78, 5) is 62.1. The minimum absolute atomic E-state index is 0.149. The van der Waals surface area contributed by atoms with Crippen molar-refractivity contribution in [2.75, 3.05) is 11.5 Å². The lowest BCUT2D eigenvalue weighted by atomic mass is 10.1. The number of ether oxygens (including phenoxy) is 2. The van der Waals surface area contributed by atoms with E-state index >= 15 is 0 Å². The Labute approximate surface area is 217 Å². The third-order valence-corrected chi connectivity index (χ3v) is 5.73. The van der Waals surface area contributed by atoms with E-state index in [1.807, 2.05) is 0 Å². The number of rotatable bonds is 6. The van der Waals surface area contributed by atoms with Crippen molar-refractivity contribution in [3.05, 3.63) is 93.5 Å². The van der Waals surface area contributed by atoms with Gasteiger partial charge in [-0.15, -0.1) is 0 Å². The molecule has 1 aliphatic heterocycles. The lowest BCUT2D eigenvalue weighted by Gasteiger charge is -2.17. The van der Waals surface area contributed by atoms with Crippen LogP contribution < -0.4 is 9.64 Å². The Kier molecular flexibility index (Phi) is 7.05. The van der Waals surface area contributed by atoms with Crippen molar-refractivity contribution in [1.82, 2.24) is 0 Å². The number of carbonyl (C=O) groups excluding carboxylic acids is 5. The highest BCUT2D eigenvalue weighted by atomic mass is 35.5. The number of alkyl halides is 3. The molecule has 0 saturated carbocycles. The van der Waals surface area contributed by atoms with Gasteiger partial charge in [0.1, 0.15) is 5.75 Å². The summed E-state index contributed by atoms with van der Waals surface area (Å²) in [7, 11) is 0. The van der Waals surface area contributed by atoms with Gasteiger partial charge in [-0.1, -0.05) is 11.6 Å². The molecule has 0 bridgehead atoms. The van der Waals surface area contributed by atoms with Gasteiger partial charge in [0.05, 0.1) is 33.0 Å². The predicted molar refractivity (Wildman–Crippen MR) is 126 cm³/mol. The van der Waals surface area contributed by atoms with Gasteiger partial charge in [-0.25, -0.2) is 9.69 Å². The molecule has 1 aliphatic rings. The van der Waals surface area contributed by atoms with Crippen molar-refractivity contribution in [1.29, 1.82) is 0 Å². The van der Waals surface area contributed by atoms with E-state index in [0.717, 1.165) is 18.2 Å². The van der Waals surface area contributed by atoms with Gasteiger partial charge < -0.3 is 9.47 Å². The standard InChI is InChI=1S/C26H15ClF3NO7/c1-13(32)38-17-6-2-14(3-7-17)22(33)12-37-25(36)15-4-8-18-19(10-15)24(35)31(23(18)34)21-11-16(26(28,29)30)5-9-20(21)27/h2-11H,12H2,1H3. The van der Waals surface area contributed by atoms with Crippen LogP contribution in [-0.2, 0) is 15.7 Å². The normalized spacial score (nSPS) is 12.8. The molecule has 38 heavy (non-hydrogen) atoms. The Morgan fingerprint density at radius 3 is 2.13 bits per heavy atom. The van der Waals surface area contributed by atoms with Gasteiger partial charge in [-0.3, -0.25) is 19.2 Å². The largest absolute Gasteiger partial charge is 0.454 e. The fourth-order valence-corrected chi connectivity index (χ4v) is 3.82. The molecule has 0 aliphatic carbocycles. The molecule has 0 radical (unpaired) electrons. The highest BCUT2D eigenvalue weighted by molar-refractivity contribution is 6.40. The smallest absolute Gasteiger partial charge is 0.416 e. The van der Waals surface area contributed by atoms with Crippen molar-refractivity contribution >= 4 is 46.8 Å². The lowest BCUT2D eigenvalue weighted by Crippen LogP contribution is -2.30. The summed E-state index contributed by atoms with van der Waals surface area (Å²) in [6.07, 6.45) is -4.74. The molecule has 2 amide bonds. The Morgan fingerprint density at radius 2 is 1.50 bits per heavy atom. The van der Waals surface area contributed by atoms with Gasteiger partial charge in [-0.2, -0.15) is 13.2 Å². The van der Waals surface area contributed by atoms with Gasteiger partial charge in [0, 0.05) is 12.5 Å². The second kappa shape index (κ2) is 10.1. The first-order valence-electron chi connectivity index (χ1n) is 10.7. The number of nitrogens with zero attached hydrogens (tertiary/aromatic N) is 1. The quantitative estimate of drug-likeness (QED) is 0.183. The van der Waals surface area contributed by atoms with Crippen molar-refractivity contribution in [2.45, 2.75) is 13.1 Å². The number of ketones is 1. The van der Waals surface area contributed by atoms with Crippen LogP contribution in [0.5, 0.6) is 5.75 Å². The zero-order valence-corrected chi connectivity index (χ0v) is 20.1. The molecule has 4 rings (SSSR count). The number of hydrogen-bond donors (Lipinski definition) is 0. The molecule has 1 heterocycles. The third-order valence-electron chi connectivity index (χ3n) is 5.41. The molecular weight excluding hydrogens is 531 g/mol. The highest BCUT2D eigenvalue weighted by Crippen LogP contribution is 2.38. The molecule has 0 unspecified atom stereocenters. The summed E-state index contributed by atoms with van der Waals surface area (Å²) < 4.78 is 49.4. The number of amides is 2. The Hall–Kier alpha value is -4.51. The third kappa shape index (κ3) is 5.28. The van der Waals surface area contributed by atoms with E-state index < -0.39 is 53.6 Å². The van der Waals surface area contributed by atoms with Crippen LogP contribution in [0, 0.1) is 0 Å². The zero-order valence-electron chi connectivity index (χ0n) is 19.3. The van der Waals surface area contributed by atoms with Gasteiger partial charge in [0.25, 0.3) is 11.8 Å². The van der Waals surface area contributed by atoms with E-state index in [4.69, 9.17) is 21.1 Å². The highest BCUT2D eigenvalue weighted by Gasteiger charge is 2.40. The van der Waals surface area contributed by atoms with E-state index in [9.17, 15) is 37.1 Å². The van der Waals surface area contributed by atoms with Gasteiger partial charge in [-0.05, 0) is 60.7 Å². The summed E-state index contributed by atoms with van der Waals surface area (Å²) in [5.41, 5.74) is -1.95. The summed E-state index contributed by atoms with van der Waals surface area (Å²) in [6.45, 7) is 0.570. The van der Waals surface area contributed by atoms with Crippen LogP contribution in [0.1, 0.15) is 53.9 Å². The molecule has 0 fully saturated rings. The number of imide groups is 1. The van der Waals surface area contributed by atoms with Crippen LogP contribution in [0.15, 0.2) is 60.7 Å². The van der Waals surface area contributed by atoms with Crippen LogP contribution in [-0.4, -0.2) is 36.1 Å². The fraction of sp³-hybridized carbons (Fsp3) is 0.115. The number of anilines is 1. The summed E-state index contributed by atoms with van der Waals surface area (Å²) in [5.74, 6) is -3.75. The van der Waals surface area contributed by atoms with Gasteiger partial charge in [0.2, 0.25) is 0 Å². The number of benzene rings is 3. The average molecular weight is 546 g/mol. The number of fused-ring (bicyclic) bond motifs is 1. The molecule has 194 valence electrons. The summed E-state index contributed by atoms with van der Waals surface area (Å²) >= 11 is 5.99. The maximum atomic E-state index is 13.2. The predicted octanol–water partition coefficient (Wildman–Crippen LogP) is 5.12. The van der Waals surface area contributed by atoms with Gasteiger partial charge in [0.15, 0.2) is 12.4 Å². The zero-order chi connectivity index (χ0) is 27.8. The molecule has 3 aromatic rings. The second-order valence-electron chi connectivity index (χ2n) is 7.99. The number of esters is 2. The van der Waals surface area contributed by atoms with Crippen LogP contribution >= 0.6 is 11.6 Å². The SMILES string of the molecule is CC(=O)Oc1ccc(C(=O)COC(=O)c2ccc3c(c2)C(=O)N(c2cc(C(F)(F)F)ccc2Cl)C3=O)cc1. The monoisotopic (exact) mass is 545 g/mol. The van der Waals surface area contributed by atoms with Crippen molar-refractivity contribution in [2.24, 2.45) is 0 Å². The molecule has 0 spiro atoms. The van der Waals surface area contributed by atoms with E-state index in [-0.39, 0.29) is 33.0 Å². The fourth-order valence-electron chi connectivity index (χ4n) is 3.62. The van der Waals surface area contributed by atoms with Crippen LogP contribution in [0.2, 0.25) is 5.02 Å². The Balaban J connectivity index is 1.50. The molecule has 12 heteroatoms. The molecule has 0 aromatic heterocycles. The Bertz CT molecular complexity index is 1500. The number of carbonyl (C=O) groups is 5. The van der Waals surface area contributed by atoms with E-state index in [0.29, 0.717) is 17.0 Å². The van der Waals surface area contributed by atoms with E-state index in [2.05, 4.69) is 0 Å². The Morgan fingerprint density at radius 1 is 0.868 bits per heavy atom. The average Bonchev–Trinajstić information content (AvgIpc) is 3.11. The van der Waals surface area contributed by atoms with Crippen LogP contribution in [0.4, 0.5) is 18.9 Å². The molecule has 0 N–H and O–H groups in total. The van der Waals surface area contributed by atoms with E-state index in [1.54, 1.807) is 0 Å². The van der Waals surface area contributed by atoms with E-state index in [1.165, 1.54) is 37.3 Å². The number of halogens is 4. The van der Waals surface area contributed by atoms with Crippen molar-refractivity contribution in [3.8, 4) is 5.75 Å². The van der Waals surface area contributed by atoms with Crippen LogP contribution in [0.25, 0.3) is 0 Å². The first kappa shape index (κ1) is 26.6. The summed E-state index contributed by atoms with van der Waals surface area (Å²) in [6, 6.07) is 11.2. The first-order valence-corrected chi connectivity index (χ1v) is 11.1. The van der Waals surface area contributed by atoms with Crippen LogP contribution in [0.3, 0.4) is 0 Å². The maximum Gasteiger partial charge on any atom is 0.416 e. The molecule has 8 nitrogen and oxygen atoms in total. The second-order valence-corrected chi connectivity index (χ2v) is 8.39. The molecular formula is C26H15ClF3NO7. The molecule has 0 atom stereocenters. The maximum absolute atomic E-state index is 13.2. The lowest BCUT2D eigenvalue weighted by molar-refractivity contribution is -0.137. The number of hydrogen-bond acceptors (Lipinski definition) is 7. The minimum Gasteiger partial charge on any atom is -0.454 e. The van der Waals surface area contributed by atoms with Gasteiger partial charge >= 0.3 is 18.1 Å². The van der Waals surface area contributed by atoms with Crippen molar-refractivity contribution in [3.63, 3.8) is 0 Å². The summed E-state index contributed by atoms with van der Waals surface area (Å²) in [5, 5.41) is -0.258. The molecule has 0 saturated heterocycles.